The Kier molecular flexibility index (Phi) is 3.53. The summed E-state index contributed by atoms with van der Waals surface area (Å²) in [6, 6.07) is 15.6. The molecule has 0 fully saturated rings. The van der Waals surface area contributed by atoms with Gasteiger partial charge in [-0.3, -0.25) is 0 Å². The van der Waals surface area contributed by atoms with Gasteiger partial charge >= 0.3 is 0 Å². The average molecular weight is 239 g/mol. The van der Waals surface area contributed by atoms with E-state index in [0.29, 0.717) is 11.4 Å². The minimum atomic E-state index is 0.646. The first-order valence-corrected chi connectivity index (χ1v) is 5.78. The molecule has 0 aromatic heterocycles. The second kappa shape index (κ2) is 5.27. The van der Waals surface area contributed by atoms with Crippen LogP contribution in [0.15, 0.2) is 55.1 Å². The summed E-state index contributed by atoms with van der Waals surface area (Å²) in [5.41, 5.74) is 15.7. The first-order valence-electron chi connectivity index (χ1n) is 5.78. The first-order chi connectivity index (χ1) is 8.65. The summed E-state index contributed by atoms with van der Waals surface area (Å²) in [6.45, 7) is 4.73. The summed E-state index contributed by atoms with van der Waals surface area (Å²) in [5.74, 6) is 0. The van der Waals surface area contributed by atoms with E-state index >= 15 is 0 Å². The van der Waals surface area contributed by atoms with Crippen LogP contribution in [0, 0.1) is 0 Å². The predicted octanol–water partition coefficient (Wildman–Crippen LogP) is 2.61. The van der Waals surface area contributed by atoms with Gasteiger partial charge in [0.05, 0.1) is 0 Å². The van der Waals surface area contributed by atoms with Gasteiger partial charge in [0.15, 0.2) is 0 Å². The van der Waals surface area contributed by atoms with Crippen molar-refractivity contribution in [3.05, 3.63) is 66.2 Å². The normalized spacial score (nSPS) is 10.0. The summed E-state index contributed by atoms with van der Waals surface area (Å²) >= 11 is 0. The minimum absolute atomic E-state index is 0.646. The van der Waals surface area contributed by atoms with Crippen LogP contribution in [0.3, 0.4) is 0 Å². The summed E-state index contributed by atoms with van der Waals surface area (Å²) in [6.07, 6.45) is 0. The maximum absolute atomic E-state index is 5.76. The van der Waals surface area contributed by atoms with Crippen LogP contribution in [0.25, 0.3) is 5.70 Å². The molecule has 0 aliphatic carbocycles. The molecule has 0 amide bonds. The fourth-order valence-corrected chi connectivity index (χ4v) is 1.76. The van der Waals surface area contributed by atoms with Gasteiger partial charge in [-0.05, 0) is 23.8 Å². The van der Waals surface area contributed by atoms with Gasteiger partial charge in [0, 0.05) is 29.2 Å². The lowest BCUT2D eigenvalue weighted by Crippen LogP contribution is -2.11. The molecule has 2 aromatic carbocycles. The van der Waals surface area contributed by atoms with Gasteiger partial charge in [0.1, 0.15) is 0 Å². The number of benzene rings is 2. The van der Waals surface area contributed by atoms with Crippen LogP contribution in [0.1, 0.15) is 11.1 Å². The number of nitrogens with one attached hydrogen (secondary N) is 1. The highest BCUT2D eigenvalue weighted by Crippen LogP contribution is 2.18. The van der Waals surface area contributed by atoms with E-state index in [1.54, 1.807) is 6.07 Å². The largest absolute Gasteiger partial charge is 0.399 e. The van der Waals surface area contributed by atoms with Gasteiger partial charge in [0.2, 0.25) is 0 Å². The summed E-state index contributed by atoms with van der Waals surface area (Å²) < 4.78 is 0. The molecule has 5 N–H and O–H groups in total. The molecule has 0 aliphatic heterocycles. The van der Waals surface area contributed by atoms with Gasteiger partial charge < -0.3 is 16.8 Å². The zero-order valence-corrected chi connectivity index (χ0v) is 10.2. The van der Waals surface area contributed by atoms with E-state index in [0.717, 1.165) is 17.8 Å². The Bertz CT molecular complexity index is 527. The van der Waals surface area contributed by atoms with E-state index in [4.69, 9.17) is 11.5 Å². The Hall–Kier alpha value is -2.42. The van der Waals surface area contributed by atoms with Crippen molar-refractivity contribution in [3.8, 4) is 0 Å². The van der Waals surface area contributed by atoms with Gasteiger partial charge in [-0.1, -0.05) is 36.9 Å². The van der Waals surface area contributed by atoms with Crippen molar-refractivity contribution in [1.29, 1.82) is 0 Å². The second-order valence-electron chi connectivity index (χ2n) is 4.21. The Labute approximate surface area is 107 Å². The number of anilines is 2. The van der Waals surface area contributed by atoms with Crippen molar-refractivity contribution in [2.75, 3.05) is 11.5 Å². The van der Waals surface area contributed by atoms with E-state index in [9.17, 15) is 0 Å². The molecule has 0 spiro atoms. The van der Waals surface area contributed by atoms with Crippen molar-refractivity contribution >= 4 is 17.1 Å². The Balaban J connectivity index is 2.04. The van der Waals surface area contributed by atoms with Gasteiger partial charge in [-0.25, -0.2) is 0 Å². The molecular formula is C15H17N3. The maximum Gasteiger partial charge on any atom is 0.0400 e. The minimum Gasteiger partial charge on any atom is -0.399 e. The fraction of sp³-hybridized carbons (Fsp3) is 0.0667. The number of hydrogen-bond donors (Lipinski definition) is 3. The SMILES string of the molecule is C=C(NCc1ccccc1)c1cc(N)cc(N)c1. The van der Waals surface area contributed by atoms with Crippen molar-refractivity contribution in [2.45, 2.75) is 6.54 Å². The topological polar surface area (TPSA) is 64.1 Å². The van der Waals surface area contributed by atoms with E-state index in [1.807, 2.05) is 30.3 Å². The third-order valence-corrected chi connectivity index (χ3v) is 2.67. The highest BCUT2D eigenvalue weighted by molar-refractivity contribution is 5.69. The molecular weight excluding hydrogens is 222 g/mol. The van der Waals surface area contributed by atoms with Crippen molar-refractivity contribution in [3.63, 3.8) is 0 Å². The molecule has 0 saturated carbocycles. The Morgan fingerprint density at radius 1 is 1.00 bits per heavy atom. The number of nitrogen functional groups attached to an aromatic ring is 2. The zero-order valence-electron chi connectivity index (χ0n) is 10.2. The van der Waals surface area contributed by atoms with Crippen LogP contribution in [0.5, 0.6) is 0 Å². The van der Waals surface area contributed by atoms with Crippen LogP contribution in [-0.4, -0.2) is 0 Å². The number of nitrogens with two attached hydrogens (primary N) is 2. The van der Waals surface area contributed by atoms with Crippen LogP contribution < -0.4 is 16.8 Å². The summed E-state index contributed by atoms with van der Waals surface area (Å²) in [7, 11) is 0. The molecule has 2 rings (SSSR count). The Morgan fingerprint density at radius 3 is 2.22 bits per heavy atom. The molecule has 0 heterocycles. The van der Waals surface area contributed by atoms with Crippen LogP contribution in [-0.2, 0) is 6.54 Å². The number of hydrogen-bond acceptors (Lipinski definition) is 3. The van der Waals surface area contributed by atoms with Crippen LogP contribution in [0.4, 0.5) is 11.4 Å². The lowest BCUT2D eigenvalue weighted by molar-refractivity contribution is 0.892. The molecule has 0 bridgehead atoms. The molecule has 0 saturated heterocycles. The smallest absolute Gasteiger partial charge is 0.0400 e. The molecule has 0 atom stereocenters. The maximum atomic E-state index is 5.76. The van der Waals surface area contributed by atoms with Crippen molar-refractivity contribution in [1.82, 2.24) is 5.32 Å². The van der Waals surface area contributed by atoms with Gasteiger partial charge in [-0.2, -0.15) is 0 Å². The third kappa shape index (κ3) is 3.04. The Morgan fingerprint density at radius 2 is 1.61 bits per heavy atom. The first kappa shape index (κ1) is 12.0. The van der Waals surface area contributed by atoms with E-state index in [1.165, 1.54) is 5.56 Å². The standard InChI is InChI=1S/C15H17N3/c1-11(13-7-14(16)9-15(17)8-13)18-10-12-5-3-2-4-6-12/h2-9,18H,1,10,16-17H2. The van der Waals surface area contributed by atoms with Gasteiger partial charge in [0.25, 0.3) is 0 Å². The average Bonchev–Trinajstić information content (AvgIpc) is 2.36. The highest BCUT2D eigenvalue weighted by atomic mass is 14.9. The van der Waals surface area contributed by atoms with E-state index in [-0.39, 0.29) is 0 Å². The monoisotopic (exact) mass is 239 g/mol. The molecule has 0 radical (unpaired) electrons. The quantitative estimate of drug-likeness (QED) is 0.719. The van der Waals surface area contributed by atoms with Crippen LogP contribution >= 0.6 is 0 Å². The zero-order chi connectivity index (χ0) is 13.0. The van der Waals surface area contributed by atoms with E-state index in [2.05, 4.69) is 24.0 Å². The summed E-state index contributed by atoms with van der Waals surface area (Å²) in [4.78, 5) is 0. The lowest BCUT2D eigenvalue weighted by atomic mass is 10.1. The third-order valence-electron chi connectivity index (χ3n) is 2.67. The second-order valence-corrected chi connectivity index (χ2v) is 4.21. The van der Waals surface area contributed by atoms with E-state index < -0.39 is 0 Å². The molecule has 3 heteroatoms. The molecule has 92 valence electrons. The summed E-state index contributed by atoms with van der Waals surface area (Å²) in [5, 5.41) is 3.26. The van der Waals surface area contributed by atoms with Crippen LogP contribution in [0.2, 0.25) is 0 Å². The number of rotatable bonds is 4. The highest BCUT2D eigenvalue weighted by Gasteiger charge is 2.01. The lowest BCUT2D eigenvalue weighted by Gasteiger charge is -2.11. The molecule has 18 heavy (non-hydrogen) atoms. The fourth-order valence-electron chi connectivity index (χ4n) is 1.76. The molecule has 0 unspecified atom stereocenters. The predicted molar refractivity (Wildman–Crippen MR) is 77.6 cm³/mol. The molecule has 0 aliphatic rings. The molecule has 2 aromatic rings. The van der Waals surface area contributed by atoms with Crippen molar-refractivity contribution < 1.29 is 0 Å². The van der Waals surface area contributed by atoms with Crippen molar-refractivity contribution in [2.24, 2.45) is 0 Å². The van der Waals surface area contributed by atoms with Gasteiger partial charge in [-0.15, -0.1) is 0 Å². The molecule has 3 nitrogen and oxygen atoms in total.